The normalized spacial score (nSPS) is 10.9. The van der Waals surface area contributed by atoms with Gasteiger partial charge in [0.15, 0.2) is 121 Å². The Morgan fingerprint density at radius 1 is 0.315 bits per heavy atom. The van der Waals surface area contributed by atoms with E-state index in [4.69, 9.17) is 18.3 Å². The van der Waals surface area contributed by atoms with Gasteiger partial charge in [-0.2, -0.15) is 0 Å². The molecule has 738 valence electrons. The largest absolute Gasteiger partial charge is 0.504 e. The summed E-state index contributed by atoms with van der Waals surface area (Å²) in [6.07, 6.45) is 10.9. The molecule has 0 fully saturated rings. The number of thiazole rings is 1. The summed E-state index contributed by atoms with van der Waals surface area (Å²) in [6.45, 7) is 11.4. The van der Waals surface area contributed by atoms with Crippen molar-refractivity contribution < 1.29 is 126 Å². The van der Waals surface area contributed by atoms with E-state index in [1.165, 1.54) is 241 Å². The molecule has 0 unspecified atom stereocenters. The first-order chi connectivity index (χ1) is 68.5. The first-order valence-corrected chi connectivity index (χ1v) is 54.7. The third-order valence-electron chi connectivity index (χ3n) is 22.5. The molecule has 35 nitrogen and oxygen atoms in total. The van der Waals surface area contributed by atoms with E-state index >= 15 is 0 Å². The first kappa shape index (κ1) is 104. The van der Waals surface area contributed by atoms with Gasteiger partial charge in [-0.15, -0.1) is 48.2 Å². The molecule has 0 atom stereocenters. The summed E-state index contributed by atoms with van der Waals surface area (Å²) in [5, 5.41) is 232. The predicted molar refractivity (Wildman–Crippen MR) is 546 cm³/mol. The third-order valence-corrected chi connectivity index (χ3v) is 42.1. The van der Waals surface area contributed by atoms with Crippen LogP contribution in [-0.2, 0) is 0 Å². The summed E-state index contributed by atoms with van der Waals surface area (Å²) in [5.41, 5.74) is 11.0. The van der Waals surface area contributed by atoms with E-state index in [1.807, 2.05) is 24.3 Å². The number of nitrogens with zero attached hydrogens (tertiary/aromatic N) is 10. The van der Waals surface area contributed by atoms with Gasteiger partial charge in [-0.3, -0.25) is 0 Å². The number of hydrogen-bond acceptors (Lipinski definition) is 37. The summed E-state index contributed by atoms with van der Waals surface area (Å²) >= 11 is 4.55. The van der Waals surface area contributed by atoms with E-state index in [2.05, 4.69) is 109 Å². The van der Waals surface area contributed by atoms with Crippen molar-refractivity contribution in [1.82, 2.24) is 50.6 Å². The summed E-state index contributed by atoms with van der Waals surface area (Å²) in [7, 11) is 3.27. The molecule has 0 saturated carbocycles. The van der Waals surface area contributed by atoms with Crippen LogP contribution in [0.5, 0.6) is 132 Å². The Kier molecular flexibility index (Phi) is 33.9. The second-order valence-corrected chi connectivity index (χ2v) is 49.5. The number of rotatable bonds is 24. The zero-order valence-corrected chi connectivity index (χ0v) is 84.2. The Morgan fingerprint density at radius 3 is 1.18 bits per heavy atom. The summed E-state index contributed by atoms with van der Waals surface area (Å²) in [5.74, 6) is -2.67. The van der Waals surface area contributed by atoms with Gasteiger partial charge in [0, 0.05) is 59.9 Å². The van der Waals surface area contributed by atoms with Crippen LogP contribution in [0.4, 0.5) is 0 Å². The molecule has 0 spiro atoms. The number of phenolic OH excluding ortho intramolecular Hbond substituents is 21. The third kappa shape index (κ3) is 25.3. The van der Waals surface area contributed by atoms with Crippen molar-refractivity contribution in [2.75, 3.05) is 14.2 Å². The molecule has 12 aromatic carbocycles. The average Bonchev–Trinajstić information content (AvgIpc) is 1.73. The van der Waals surface area contributed by atoms with Gasteiger partial charge in [0.25, 0.3) is 0 Å². The number of benzene rings is 12. The Bertz CT molecular complexity index is 6990. The molecule has 18 rings (SSSR count). The summed E-state index contributed by atoms with van der Waals surface area (Å²) in [6, 6.07) is 54.4. The Hall–Kier alpha value is -16.4. The number of aromatic hydroxyl groups is 21. The standard InChI is InChI=1S/C18H17N2O3.C16H12O5S.C15H11NO4S.C14H9BrN2O4S.C14H11N3O4.C14H10N2O5.3C4H9.Sn/c1-11-5-6-13(9-12(11)2)17-19-20-18(23-17)14-7-8-15(21-3)16(10-14)22-4;17-10-2-1-8(5-11(10)18)14-3-4-15(22-14)9-6-12(19)16(21)13(20)7-9;17-10-3-1-8(5-12(10)19)14-7-16-15(21-14)9-2-4-11(18)13(20)6-9;15-8-5-12(21)11(20)4-7(8)14-17-16-13(22-14)6-1-2-9(18)10(19)3-6;18-11-3-1-8(5-13(11)20)10-7-17(16-15-10)9-2-4-12(19)14(21)6-9;17-9-3-1-7(5-11(9)19)13-15-16-14(21-13)8-2-4-10(18)12(20)6-8;3*1-3-4-2;/h5,7-10H,1-4H3;1-7,17-21H;1-7,17-20H;1-5,18-21H;1-7,18-21H;1-6,17-20H;3*1,3-4H2,2H3;. The molecular weight excluding hydrogens is 2070 g/mol. The fourth-order valence-electron chi connectivity index (χ4n) is 14.6. The second-order valence-electron chi connectivity index (χ2n) is 32.4. The van der Waals surface area contributed by atoms with E-state index in [9.17, 15) is 107 Å². The molecular formula is C103H97BrN10O25S3Sn. The van der Waals surface area contributed by atoms with Gasteiger partial charge in [-0.25, -0.2) is 9.67 Å². The van der Waals surface area contributed by atoms with Gasteiger partial charge < -0.3 is 112 Å². The maximum atomic E-state index is 9.60. The van der Waals surface area contributed by atoms with E-state index < -0.39 is 35.6 Å². The van der Waals surface area contributed by atoms with E-state index in [0.717, 1.165) is 31.3 Å². The summed E-state index contributed by atoms with van der Waals surface area (Å²) < 4.78 is 30.5. The van der Waals surface area contributed by atoms with Crippen LogP contribution in [0.1, 0.15) is 70.4 Å². The first-order valence-electron chi connectivity index (χ1n) is 44.0. The number of phenols is 21. The van der Waals surface area contributed by atoms with Crippen LogP contribution in [0.15, 0.2) is 238 Å². The van der Waals surface area contributed by atoms with Crippen LogP contribution in [0.2, 0.25) is 13.3 Å². The van der Waals surface area contributed by atoms with Crippen molar-refractivity contribution in [3.05, 3.63) is 240 Å². The monoisotopic (exact) mass is 2170 g/mol. The SMILES string of the molecule is CCC[CH2][Sn]([CH2]CCC)([CH2]CCC)[c]1cc(C)c(C)cc1-c1nnc(-c2ccc(OC)c(OC)c2)o1.Oc1ccc(-c2ccc(-c3cc(O)c(O)c(O)c3)s2)cc1O.Oc1ccc(-c2cn(-c3ccc(O)c(O)c3)nn2)cc1O.Oc1ccc(-c2cnc(-c3ccc(O)c(O)c3)s2)cc1O.Oc1ccc(-c2nnc(-c3cc(O)c(O)cc3Br)s2)cc1O.Oc1ccc(-c2nnc(-c3ccc(O)c(O)c3)o2)cc1O. The molecule has 40 heteroatoms. The molecule has 21 N–H and O–H groups in total. The molecule has 6 aromatic heterocycles. The van der Waals surface area contributed by atoms with Crippen molar-refractivity contribution in [3.63, 3.8) is 0 Å². The minimum absolute atomic E-state index is 0.146. The van der Waals surface area contributed by atoms with Crippen LogP contribution in [-0.4, -0.2) is 190 Å². The molecule has 143 heavy (non-hydrogen) atoms. The minimum atomic E-state index is -2.75. The quantitative estimate of drug-likeness (QED) is 0.0197. The predicted octanol–water partition coefficient (Wildman–Crippen LogP) is 22.4. The van der Waals surface area contributed by atoms with Crippen LogP contribution in [0.3, 0.4) is 0 Å². The minimum Gasteiger partial charge on any atom is -0.504 e. The molecule has 0 saturated heterocycles. The molecule has 6 heterocycles. The van der Waals surface area contributed by atoms with Crippen molar-refractivity contribution in [1.29, 1.82) is 0 Å². The second kappa shape index (κ2) is 46.6. The van der Waals surface area contributed by atoms with Gasteiger partial charge in [0.2, 0.25) is 11.8 Å². The van der Waals surface area contributed by atoms with Crippen molar-refractivity contribution in [2.24, 2.45) is 0 Å². The van der Waals surface area contributed by atoms with Gasteiger partial charge in [-0.1, -0.05) is 16.6 Å². The zero-order valence-electron chi connectivity index (χ0n) is 77.3. The number of unbranched alkanes of at least 4 members (excludes halogenated alkanes) is 3. The number of thiophene rings is 1. The fraction of sp³-hybridized carbons (Fsp3) is 0.155. The van der Waals surface area contributed by atoms with Gasteiger partial charge in [0.05, 0.1) is 16.8 Å². The Labute approximate surface area is 840 Å². The molecule has 0 amide bonds. The number of hydrogen-bond donors (Lipinski definition) is 21. The molecule has 18 aromatic rings. The maximum absolute atomic E-state index is 9.60. The fourth-order valence-corrected chi connectivity index (χ4v) is 34.9. The van der Waals surface area contributed by atoms with Crippen LogP contribution >= 0.6 is 49.9 Å². The molecule has 0 aliphatic heterocycles. The number of aryl methyl sites for hydroxylation is 2. The van der Waals surface area contributed by atoms with Crippen LogP contribution in [0.25, 0.3) is 126 Å². The molecule has 0 aliphatic rings. The number of aromatic nitrogens is 10. The zero-order chi connectivity index (χ0) is 103. The van der Waals surface area contributed by atoms with Crippen LogP contribution < -0.4 is 13.1 Å². The number of ether oxygens (including phenoxy) is 2. The maximum Gasteiger partial charge on any atom is 0.248 e. The Morgan fingerprint density at radius 2 is 0.692 bits per heavy atom. The number of methoxy groups -OCH3 is 2. The van der Waals surface area contributed by atoms with Gasteiger partial charge >= 0.3 is 223 Å². The summed E-state index contributed by atoms with van der Waals surface area (Å²) in [4.78, 5) is 6.70. The topological polar surface area (TPSA) is 591 Å². The van der Waals surface area contributed by atoms with Crippen molar-refractivity contribution >= 4 is 71.9 Å². The molecule has 0 aliphatic carbocycles. The molecule has 0 radical (unpaired) electrons. The number of halogens is 1. The van der Waals surface area contributed by atoms with Crippen molar-refractivity contribution in [2.45, 2.75) is 86.5 Å². The van der Waals surface area contributed by atoms with Gasteiger partial charge in [-0.05, 0) is 209 Å². The van der Waals surface area contributed by atoms with Crippen molar-refractivity contribution in [3.8, 4) is 258 Å². The van der Waals surface area contributed by atoms with E-state index in [0.29, 0.717) is 93.1 Å². The van der Waals surface area contributed by atoms with Crippen LogP contribution in [0, 0.1) is 13.8 Å². The molecule has 0 bridgehead atoms. The average molecular weight is 2170 g/mol. The van der Waals surface area contributed by atoms with E-state index in [1.54, 1.807) is 72.7 Å². The van der Waals surface area contributed by atoms with E-state index in [-0.39, 0.29) is 115 Å². The Balaban J connectivity index is 0.000000146. The van der Waals surface area contributed by atoms with Gasteiger partial charge in [0.1, 0.15) is 20.7 Å². The smallest absolute Gasteiger partial charge is 0.248 e.